The van der Waals surface area contributed by atoms with Gasteiger partial charge in [0.05, 0.1) is 11.4 Å². The molecule has 0 atom stereocenters. The molecule has 0 unspecified atom stereocenters. The van der Waals surface area contributed by atoms with Crippen LogP contribution in [0.4, 0.5) is 34.1 Å². The molecule has 0 bridgehead atoms. The van der Waals surface area contributed by atoms with Crippen molar-refractivity contribution in [3.8, 4) is 5.75 Å². The molecular formula is C45H51B5N2OS. The number of aryl methyl sites for hydroxylation is 1. The van der Waals surface area contributed by atoms with Crippen molar-refractivity contribution in [1.29, 1.82) is 0 Å². The number of anilines is 6. The first-order valence-electron chi connectivity index (χ1n) is 19.5. The van der Waals surface area contributed by atoms with E-state index in [2.05, 4.69) is 183 Å². The smallest absolute Gasteiger partial charge is 0.264 e. The highest BCUT2D eigenvalue weighted by Crippen LogP contribution is 2.49. The Kier molecular flexibility index (Phi) is 8.26. The molecule has 2 aliphatic heterocycles. The molecule has 8 rings (SSSR count). The van der Waals surface area contributed by atoms with E-state index in [4.69, 9.17) is 0 Å². The summed E-state index contributed by atoms with van der Waals surface area (Å²) in [6.45, 7) is 23.0. The molecule has 0 fully saturated rings. The van der Waals surface area contributed by atoms with Crippen LogP contribution in [0.5, 0.6) is 5.75 Å². The van der Waals surface area contributed by atoms with Crippen LogP contribution in [0.25, 0.3) is 10.1 Å². The molecule has 9 heteroatoms. The van der Waals surface area contributed by atoms with Gasteiger partial charge in [0.25, 0.3) is 6.71 Å². The highest BCUT2D eigenvalue weighted by molar-refractivity contribution is 7.33. The van der Waals surface area contributed by atoms with Crippen LogP contribution >= 0.6 is 11.3 Å². The fourth-order valence-electron chi connectivity index (χ4n) is 8.72. The second-order valence-corrected chi connectivity index (χ2v) is 20.2. The summed E-state index contributed by atoms with van der Waals surface area (Å²) in [5.74, 6) is 0.359. The molecule has 54 heavy (non-hydrogen) atoms. The second kappa shape index (κ2) is 12.1. The minimum atomic E-state index is -0.0363. The van der Waals surface area contributed by atoms with Gasteiger partial charge in [0.1, 0.15) is 37.1 Å². The number of nitrogens with zero attached hydrogens (tertiary/aromatic N) is 2. The first kappa shape index (κ1) is 36.7. The van der Waals surface area contributed by atoms with Crippen LogP contribution in [0, 0.1) is 6.92 Å². The van der Waals surface area contributed by atoms with Crippen molar-refractivity contribution in [3.05, 3.63) is 95.1 Å². The molecule has 1 aromatic heterocycles. The Morgan fingerprint density at radius 1 is 0.574 bits per heavy atom. The third kappa shape index (κ3) is 5.51. The molecule has 0 spiro atoms. The largest absolute Gasteiger partial charge is 0.506 e. The summed E-state index contributed by atoms with van der Waals surface area (Å²) in [6.07, 6.45) is 0. The quantitative estimate of drug-likeness (QED) is 0.275. The van der Waals surface area contributed by atoms with Crippen molar-refractivity contribution < 1.29 is 5.11 Å². The lowest BCUT2D eigenvalue weighted by Gasteiger charge is -2.44. The maximum absolute atomic E-state index is 12.2. The molecule has 0 radical (unpaired) electrons. The van der Waals surface area contributed by atoms with E-state index in [1.807, 2.05) is 11.3 Å². The normalized spacial score (nSPS) is 14.0. The van der Waals surface area contributed by atoms with E-state index >= 15 is 0 Å². The second-order valence-electron chi connectivity index (χ2n) is 19.1. The maximum Gasteiger partial charge on any atom is 0.264 e. The Balaban J connectivity index is 1.53. The molecular weight excluding hydrogens is 671 g/mol. The van der Waals surface area contributed by atoms with Gasteiger partial charge in [0, 0.05) is 37.6 Å². The van der Waals surface area contributed by atoms with E-state index in [1.165, 1.54) is 70.6 Å². The van der Waals surface area contributed by atoms with E-state index in [-0.39, 0.29) is 23.0 Å². The first-order valence-corrected chi connectivity index (χ1v) is 20.4. The van der Waals surface area contributed by atoms with E-state index in [1.54, 1.807) is 0 Å². The van der Waals surface area contributed by atoms with Gasteiger partial charge < -0.3 is 14.9 Å². The third-order valence-corrected chi connectivity index (χ3v) is 13.6. The lowest BCUT2D eigenvalue weighted by atomic mass is 9.36. The number of benzene rings is 5. The Bertz CT molecular complexity index is 2510. The summed E-state index contributed by atoms with van der Waals surface area (Å²) in [7, 11) is 8.55. The number of phenolic OH excluding ortho intramolecular Hbond substituents is 1. The lowest BCUT2D eigenvalue weighted by Crippen LogP contribution is -2.61. The molecule has 1 N–H and O–H groups in total. The van der Waals surface area contributed by atoms with Crippen LogP contribution < -0.4 is 47.4 Å². The fourth-order valence-corrected chi connectivity index (χ4v) is 10.0. The predicted octanol–water partition coefficient (Wildman–Crippen LogP) is 3.92. The van der Waals surface area contributed by atoms with Gasteiger partial charge in [-0.2, -0.15) is 0 Å². The van der Waals surface area contributed by atoms with Crippen LogP contribution in [-0.4, -0.2) is 43.2 Å². The van der Waals surface area contributed by atoms with Gasteiger partial charge in [-0.1, -0.05) is 114 Å². The van der Waals surface area contributed by atoms with Crippen LogP contribution in [0.2, 0.25) is 0 Å². The monoisotopic (exact) mass is 722 g/mol. The highest BCUT2D eigenvalue weighted by Gasteiger charge is 2.46. The summed E-state index contributed by atoms with van der Waals surface area (Å²) in [4.78, 5) is 4.95. The number of fused-ring (bicyclic) bond motifs is 6. The highest BCUT2D eigenvalue weighted by atomic mass is 32.1. The summed E-state index contributed by atoms with van der Waals surface area (Å²) in [5, 5.41) is 13.5. The average molecular weight is 722 g/mol. The zero-order valence-electron chi connectivity index (χ0n) is 34.8. The van der Waals surface area contributed by atoms with Crippen molar-refractivity contribution in [2.45, 2.75) is 85.5 Å². The zero-order chi connectivity index (χ0) is 39.0. The molecule has 2 aliphatic rings. The minimum absolute atomic E-state index is 0.0161. The molecule has 6 aromatic rings. The summed E-state index contributed by atoms with van der Waals surface area (Å²) in [6, 6.07) is 28.3. The minimum Gasteiger partial charge on any atom is -0.506 e. The van der Waals surface area contributed by atoms with Gasteiger partial charge in [-0.25, -0.2) is 0 Å². The number of rotatable bonds is 2. The molecule has 0 saturated carbocycles. The number of hydrogen-bond acceptors (Lipinski definition) is 4. The maximum atomic E-state index is 12.2. The molecule has 0 saturated heterocycles. The van der Waals surface area contributed by atoms with Crippen molar-refractivity contribution in [2.75, 3.05) is 9.80 Å². The average Bonchev–Trinajstić information content (AvgIpc) is 3.48. The van der Waals surface area contributed by atoms with Crippen molar-refractivity contribution >= 4 is 131 Å². The molecule has 0 amide bonds. The lowest BCUT2D eigenvalue weighted by molar-refractivity contribution is 0.481. The van der Waals surface area contributed by atoms with E-state index in [9.17, 15) is 5.11 Å². The van der Waals surface area contributed by atoms with Gasteiger partial charge >= 0.3 is 0 Å². The topological polar surface area (TPSA) is 26.7 Å². The number of phenols is 1. The van der Waals surface area contributed by atoms with Gasteiger partial charge in [-0.15, -0.1) is 11.3 Å². The summed E-state index contributed by atoms with van der Waals surface area (Å²) < 4.78 is 2.68. The van der Waals surface area contributed by atoms with Crippen molar-refractivity contribution in [3.63, 3.8) is 0 Å². The SMILES string of the molecule is Bc1c(B)c(B)c(N2c3ccc(C(C)(C)C)cc3B3c4sc5ccc(C(C)(C)C)cc5c4N(c4ccc(C(C)(C)C)cc4)c4cc(C)cc2c43)c(O)c1B. The summed E-state index contributed by atoms with van der Waals surface area (Å²) >= 11 is 1.95. The predicted molar refractivity (Wildman–Crippen MR) is 251 cm³/mol. The van der Waals surface area contributed by atoms with Gasteiger partial charge in [-0.05, 0) is 98.8 Å². The Labute approximate surface area is 330 Å². The molecule has 5 aromatic carbocycles. The van der Waals surface area contributed by atoms with Crippen LogP contribution in [-0.2, 0) is 16.2 Å². The van der Waals surface area contributed by atoms with Crippen molar-refractivity contribution in [1.82, 2.24) is 0 Å². The Morgan fingerprint density at radius 3 is 1.72 bits per heavy atom. The fraction of sp³-hybridized carbons (Fsp3) is 0.289. The summed E-state index contributed by atoms with van der Waals surface area (Å²) in [5.41, 5.74) is 19.0. The Morgan fingerprint density at radius 2 is 1.11 bits per heavy atom. The molecule has 0 aliphatic carbocycles. The van der Waals surface area contributed by atoms with Gasteiger partial charge in [0.2, 0.25) is 0 Å². The van der Waals surface area contributed by atoms with Crippen molar-refractivity contribution in [2.24, 2.45) is 0 Å². The number of thiophene rings is 1. The first-order chi connectivity index (χ1) is 25.2. The third-order valence-electron chi connectivity index (χ3n) is 12.4. The Hall–Kier alpha value is -4.22. The van der Waals surface area contributed by atoms with Crippen LogP contribution in [0.1, 0.15) is 84.6 Å². The van der Waals surface area contributed by atoms with Gasteiger partial charge in [0.15, 0.2) is 0 Å². The van der Waals surface area contributed by atoms with E-state index in [0.717, 1.165) is 33.5 Å². The number of hydrogen-bond donors (Lipinski definition) is 1. The van der Waals surface area contributed by atoms with E-state index < -0.39 is 0 Å². The van der Waals surface area contributed by atoms with Crippen LogP contribution in [0.3, 0.4) is 0 Å². The van der Waals surface area contributed by atoms with Gasteiger partial charge in [-0.3, -0.25) is 0 Å². The molecule has 3 nitrogen and oxygen atoms in total. The standard InChI is InChI=1S/C45H51B5N2OS/c1-23-19-31-38-32(20-23)52(40-36(48)34(46)35(47)37(49)41(40)53)30-17-13-26(45(8,9)10)22-29(30)50(38)42-39(28-21-25(44(5,6)7)14-18-33(28)54-42)51(31)27-15-11-24(12-16-27)43(2,3)4/h11-22,53H,46-49H2,1-10H3. The van der Waals surface area contributed by atoms with E-state index in [0.29, 0.717) is 5.75 Å². The molecule has 268 valence electrons. The number of aromatic hydroxyl groups is 1. The molecule has 3 heterocycles. The van der Waals surface area contributed by atoms with Crippen LogP contribution in [0.15, 0.2) is 72.8 Å². The zero-order valence-corrected chi connectivity index (χ0v) is 35.6.